The number of ether oxygens (including phenoxy) is 2. The number of hydrogen-bond donors (Lipinski definition) is 2. The molecule has 1 aliphatic heterocycles. The molecule has 4 nitrogen and oxygen atoms in total. The molecule has 21 heavy (non-hydrogen) atoms. The van der Waals surface area contributed by atoms with Crippen LogP contribution in [0.25, 0.3) is 0 Å². The third-order valence-electron chi connectivity index (χ3n) is 3.49. The molecule has 3 N–H and O–H groups in total. The van der Waals surface area contributed by atoms with Crippen LogP contribution in [0.5, 0.6) is 11.5 Å². The van der Waals surface area contributed by atoms with E-state index in [0.717, 1.165) is 30.0 Å². The molecule has 0 amide bonds. The summed E-state index contributed by atoms with van der Waals surface area (Å²) in [6, 6.07) is 12.1. The highest BCUT2D eigenvalue weighted by Crippen LogP contribution is 2.38. The molecule has 2 aromatic rings. The minimum absolute atomic E-state index is 0.568. The number of fused-ring (bicyclic) bond motifs is 1. The summed E-state index contributed by atoms with van der Waals surface area (Å²) in [5.74, 6) is 1.45. The lowest BCUT2D eigenvalue weighted by Crippen LogP contribution is -2.15. The van der Waals surface area contributed by atoms with E-state index in [9.17, 15) is 0 Å². The molecule has 0 saturated carbocycles. The average Bonchev–Trinajstić information content (AvgIpc) is 2.50. The van der Waals surface area contributed by atoms with Gasteiger partial charge in [0.1, 0.15) is 13.2 Å². The highest BCUT2D eigenvalue weighted by atomic mass is 16.6. The first-order chi connectivity index (χ1) is 10.3. The summed E-state index contributed by atoms with van der Waals surface area (Å²) in [5.41, 5.74) is 9.92. The summed E-state index contributed by atoms with van der Waals surface area (Å²) < 4.78 is 11.1. The van der Waals surface area contributed by atoms with Gasteiger partial charge in [0.25, 0.3) is 0 Å². The molecule has 0 aromatic heterocycles. The number of benzene rings is 2. The van der Waals surface area contributed by atoms with Crippen molar-refractivity contribution in [3.8, 4) is 11.5 Å². The first-order valence-corrected chi connectivity index (χ1v) is 7.31. The van der Waals surface area contributed by atoms with Crippen molar-refractivity contribution < 1.29 is 9.47 Å². The van der Waals surface area contributed by atoms with Gasteiger partial charge in [0.2, 0.25) is 0 Å². The molecule has 0 atom stereocenters. The van der Waals surface area contributed by atoms with Crippen LogP contribution in [0.2, 0.25) is 0 Å². The average molecular weight is 284 g/mol. The van der Waals surface area contributed by atoms with E-state index in [1.165, 1.54) is 5.56 Å². The van der Waals surface area contributed by atoms with Crippen LogP contribution >= 0.6 is 0 Å². The molecule has 0 fully saturated rings. The summed E-state index contributed by atoms with van der Waals surface area (Å²) in [7, 11) is 0. The molecule has 4 heteroatoms. The van der Waals surface area contributed by atoms with Gasteiger partial charge in [-0.05, 0) is 24.1 Å². The van der Waals surface area contributed by atoms with Crippen molar-refractivity contribution in [3.63, 3.8) is 0 Å². The van der Waals surface area contributed by atoms with Gasteiger partial charge in [-0.15, -0.1) is 0 Å². The van der Waals surface area contributed by atoms with Crippen LogP contribution in [-0.2, 0) is 6.42 Å². The fourth-order valence-corrected chi connectivity index (χ4v) is 2.41. The van der Waals surface area contributed by atoms with Crippen LogP contribution in [-0.4, -0.2) is 13.2 Å². The van der Waals surface area contributed by atoms with Crippen molar-refractivity contribution in [2.75, 3.05) is 24.3 Å². The zero-order valence-corrected chi connectivity index (χ0v) is 12.2. The number of nitrogens with one attached hydrogen (secondary N) is 1. The first-order valence-electron chi connectivity index (χ1n) is 7.31. The maximum absolute atomic E-state index is 6.07. The predicted octanol–water partition coefficient (Wildman–Crippen LogP) is 3.74. The minimum atomic E-state index is 0.568. The second-order valence-corrected chi connectivity index (χ2v) is 5.16. The molecule has 0 bridgehead atoms. The number of aryl methyl sites for hydroxylation is 1. The van der Waals surface area contributed by atoms with Crippen molar-refractivity contribution in [1.82, 2.24) is 0 Å². The summed E-state index contributed by atoms with van der Waals surface area (Å²) in [4.78, 5) is 0. The Balaban J connectivity index is 1.80. The summed E-state index contributed by atoms with van der Waals surface area (Å²) in [5, 5.41) is 3.33. The zero-order valence-electron chi connectivity index (χ0n) is 12.2. The van der Waals surface area contributed by atoms with E-state index in [1.54, 1.807) is 0 Å². The lowest BCUT2D eigenvalue weighted by molar-refractivity contribution is 0.172. The van der Waals surface area contributed by atoms with Crippen LogP contribution in [0.15, 0.2) is 36.4 Å². The van der Waals surface area contributed by atoms with Gasteiger partial charge >= 0.3 is 0 Å². The summed E-state index contributed by atoms with van der Waals surface area (Å²) in [6.45, 7) is 3.32. The SMILES string of the molecule is CCCc1ccc(Nc2cc3c(cc2N)OCCO3)cc1. The van der Waals surface area contributed by atoms with E-state index in [4.69, 9.17) is 15.2 Å². The number of hydrogen-bond acceptors (Lipinski definition) is 4. The molecule has 2 aromatic carbocycles. The predicted molar refractivity (Wildman–Crippen MR) is 85.6 cm³/mol. The van der Waals surface area contributed by atoms with Crippen LogP contribution < -0.4 is 20.5 Å². The summed E-state index contributed by atoms with van der Waals surface area (Å²) >= 11 is 0. The smallest absolute Gasteiger partial charge is 0.163 e. The second kappa shape index (κ2) is 5.95. The number of nitrogens with two attached hydrogens (primary N) is 1. The van der Waals surface area contributed by atoms with E-state index >= 15 is 0 Å². The lowest BCUT2D eigenvalue weighted by atomic mass is 10.1. The Morgan fingerprint density at radius 3 is 2.38 bits per heavy atom. The fraction of sp³-hybridized carbons (Fsp3) is 0.294. The maximum atomic E-state index is 6.07. The molecule has 0 spiro atoms. The number of anilines is 3. The van der Waals surface area contributed by atoms with E-state index in [1.807, 2.05) is 12.1 Å². The number of rotatable bonds is 4. The highest BCUT2D eigenvalue weighted by Gasteiger charge is 2.14. The third kappa shape index (κ3) is 3.05. The van der Waals surface area contributed by atoms with Crippen LogP contribution in [0.4, 0.5) is 17.1 Å². The van der Waals surface area contributed by atoms with Crippen LogP contribution in [0.3, 0.4) is 0 Å². The molecular weight excluding hydrogens is 264 g/mol. The van der Waals surface area contributed by atoms with Crippen molar-refractivity contribution >= 4 is 17.1 Å². The normalized spacial score (nSPS) is 13.0. The molecule has 0 unspecified atom stereocenters. The lowest BCUT2D eigenvalue weighted by Gasteiger charge is -2.20. The minimum Gasteiger partial charge on any atom is -0.486 e. The Bertz CT molecular complexity index is 623. The quantitative estimate of drug-likeness (QED) is 0.840. The van der Waals surface area contributed by atoms with E-state index < -0.39 is 0 Å². The van der Waals surface area contributed by atoms with Gasteiger partial charge in [0, 0.05) is 17.8 Å². The Hall–Kier alpha value is -2.36. The molecule has 1 heterocycles. The van der Waals surface area contributed by atoms with Crippen LogP contribution in [0, 0.1) is 0 Å². The Labute approximate surface area is 124 Å². The monoisotopic (exact) mass is 284 g/mol. The zero-order chi connectivity index (χ0) is 14.7. The van der Waals surface area contributed by atoms with E-state index in [0.29, 0.717) is 24.7 Å². The van der Waals surface area contributed by atoms with Gasteiger partial charge < -0.3 is 20.5 Å². The van der Waals surface area contributed by atoms with Gasteiger partial charge in [0.05, 0.1) is 11.4 Å². The topological polar surface area (TPSA) is 56.5 Å². The van der Waals surface area contributed by atoms with Crippen molar-refractivity contribution in [3.05, 3.63) is 42.0 Å². The van der Waals surface area contributed by atoms with Gasteiger partial charge in [0.15, 0.2) is 11.5 Å². The second-order valence-electron chi connectivity index (χ2n) is 5.16. The Morgan fingerprint density at radius 1 is 1.05 bits per heavy atom. The van der Waals surface area contributed by atoms with Gasteiger partial charge in [-0.1, -0.05) is 25.5 Å². The number of nitrogen functional groups attached to an aromatic ring is 1. The molecule has 110 valence electrons. The van der Waals surface area contributed by atoms with Gasteiger partial charge in [-0.3, -0.25) is 0 Å². The van der Waals surface area contributed by atoms with Gasteiger partial charge in [-0.25, -0.2) is 0 Å². The molecule has 0 aliphatic carbocycles. The van der Waals surface area contributed by atoms with E-state index in [2.05, 4.69) is 36.5 Å². The van der Waals surface area contributed by atoms with Crippen LogP contribution in [0.1, 0.15) is 18.9 Å². The van der Waals surface area contributed by atoms with E-state index in [-0.39, 0.29) is 0 Å². The molecule has 0 saturated heterocycles. The molecule has 1 aliphatic rings. The Morgan fingerprint density at radius 2 is 1.71 bits per heavy atom. The Kier molecular flexibility index (Phi) is 3.86. The fourth-order valence-electron chi connectivity index (χ4n) is 2.41. The highest BCUT2D eigenvalue weighted by molar-refractivity contribution is 5.76. The van der Waals surface area contributed by atoms with Crippen molar-refractivity contribution in [2.24, 2.45) is 0 Å². The van der Waals surface area contributed by atoms with Crippen molar-refractivity contribution in [2.45, 2.75) is 19.8 Å². The third-order valence-corrected chi connectivity index (χ3v) is 3.49. The molecule has 0 radical (unpaired) electrons. The van der Waals surface area contributed by atoms with Gasteiger partial charge in [-0.2, -0.15) is 0 Å². The van der Waals surface area contributed by atoms with Crippen molar-refractivity contribution in [1.29, 1.82) is 0 Å². The first kappa shape index (κ1) is 13.6. The molecule has 3 rings (SSSR count). The summed E-state index contributed by atoms with van der Waals surface area (Å²) in [6.07, 6.45) is 2.26. The maximum Gasteiger partial charge on any atom is 0.163 e. The standard InChI is InChI=1S/C17H20N2O2/c1-2-3-12-4-6-13(7-5-12)19-15-11-17-16(10-14(15)18)20-8-9-21-17/h4-7,10-11,19H,2-3,8-9,18H2,1H3. The largest absolute Gasteiger partial charge is 0.486 e. The molecular formula is C17H20N2O2.